The van der Waals surface area contributed by atoms with Gasteiger partial charge in [0.05, 0.1) is 18.1 Å². The van der Waals surface area contributed by atoms with Gasteiger partial charge in [0.15, 0.2) is 6.04 Å². The van der Waals surface area contributed by atoms with Gasteiger partial charge in [0.1, 0.15) is 6.61 Å². The van der Waals surface area contributed by atoms with Crippen LogP contribution in [0.1, 0.15) is 48.8 Å². The van der Waals surface area contributed by atoms with Crippen LogP contribution in [0.25, 0.3) is 11.1 Å². The molecule has 3 aliphatic rings. The number of rotatable bonds is 10. The highest BCUT2D eigenvalue weighted by atomic mass is 16.5. The van der Waals surface area contributed by atoms with Crippen LogP contribution < -0.4 is 10.6 Å². The van der Waals surface area contributed by atoms with Gasteiger partial charge in [0, 0.05) is 12.0 Å². The monoisotopic (exact) mass is 554 g/mol. The standard InChI is InChI=1S/C33H34N2O6/c1-20(40-18-21-9-3-2-4-10-21)29(30(36)37)35-31(38)33-16-22(33)15-23(17-33)34-32(39)41-19-28-26-13-7-5-11-24(26)25-12-6-8-14-27(25)28/h2-14,20,22-23,28-29H,15-19H2,1H3,(H,34,39)(H,35,38)(H,36,37)/t20-,22?,23?,29+,33?/m0/s1. The molecular formula is C33H34N2O6. The van der Waals surface area contributed by atoms with Gasteiger partial charge < -0.3 is 25.2 Å². The predicted molar refractivity (Wildman–Crippen MR) is 152 cm³/mol. The van der Waals surface area contributed by atoms with Gasteiger partial charge in [-0.25, -0.2) is 9.59 Å². The fraction of sp³-hybridized carbons (Fsp3) is 0.364. The van der Waals surface area contributed by atoms with E-state index >= 15 is 0 Å². The van der Waals surface area contributed by atoms with Crippen LogP contribution in [0.15, 0.2) is 78.9 Å². The van der Waals surface area contributed by atoms with Gasteiger partial charge in [0.25, 0.3) is 0 Å². The first-order chi connectivity index (χ1) is 19.9. The van der Waals surface area contributed by atoms with Crippen molar-refractivity contribution in [3.05, 3.63) is 95.6 Å². The molecular weight excluding hydrogens is 520 g/mol. The number of carboxylic acids is 1. The summed E-state index contributed by atoms with van der Waals surface area (Å²) < 4.78 is 11.5. The molecule has 0 radical (unpaired) electrons. The minimum atomic E-state index is -1.17. The Bertz CT molecular complexity index is 1410. The lowest BCUT2D eigenvalue weighted by atomic mass is 9.98. The van der Waals surface area contributed by atoms with Gasteiger partial charge in [-0.3, -0.25) is 4.79 Å². The van der Waals surface area contributed by atoms with Crippen LogP contribution in [-0.2, 0) is 25.7 Å². The molecule has 3 N–H and O–H groups in total. The molecule has 8 nitrogen and oxygen atoms in total. The summed E-state index contributed by atoms with van der Waals surface area (Å²) in [4.78, 5) is 38.1. The number of alkyl carbamates (subject to hydrolysis) is 1. The normalized spacial score (nSPS) is 23.4. The lowest BCUT2D eigenvalue weighted by Gasteiger charge is -2.25. The van der Waals surface area contributed by atoms with Crippen molar-refractivity contribution >= 4 is 18.0 Å². The van der Waals surface area contributed by atoms with Gasteiger partial charge in [-0.2, -0.15) is 0 Å². The molecule has 3 unspecified atom stereocenters. The molecule has 0 aromatic heterocycles. The minimum Gasteiger partial charge on any atom is -0.480 e. The van der Waals surface area contributed by atoms with Crippen LogP contribution in [0.4, 0.5) is 4.79 Å². The number of fused-ring (bicyclic) bond motifs is 4. The third-order valence-corrected chi connectivity index (χ3v) is 8.91. The van der Waals surface area contributed by atoms with E-state index in [9.17, 15) is 19.5 Å². The average molecular weight is 555 g/mol. The Labute approximate surface area is 239 Å². The smallest absolute Gasteiger partial charge is 0.407 e. The van der Waals surface area contributed by atoms with Crippen molar-refractivity contribution in [2.24, 2.45) is 11.3 Å². The number of amides is 2. The van der Waals surface area contributed by atoms with Gasteiger partial charge in [-0.05, 0) is 59.9 Å². The molecule has 2 saturated carbocycles. The Morgan fingerprint density at radius 3 is 2.22 bits per heavy atom. The van der Waals surface area contributed by atoms with Crippen molar-refractivity contribution in [1.29, 1.82) is 0 Å². The maximum absolute atomic E-state index is 13.3. The molecule has 3 aromatic rings. The van der Waals surface area contributed by atoms with E-state index in [1.54, 1.807) is 6.92 Å². The van der Waals surface area contributed by atoms with Crippen molar-refractivity contribution < 1.29 is 29.0 Å². The molecule has 5 atom stereocenters. The molecule has 3 aromatic carbocycles. The summed E-state index contributed by atoms with van der Waals surface area (Å²) in [6, 6.07) is 24.5. The molecule has 2 amide bonds. The highest BCUT2D eigenvalue weighted by molar-refractivity contribution is 5.90. The van der Waals surface area contributed by atoms with Gasteiger partial charge >= 0.3 is 12.1 Å². The summed E-state index contributed by atoms with van der Waals surface area (Å²) in [7, 11) is 0. The Kier molecular flexibility index (Phi) is 7.26. The van der Waals surface area contributed by atoms with E-state index in [0.717, 1.165) is 16.7 Å². The zero-order valence-corrected chi connectivity index (χ0v) is 22.9. The second-order valence-electron chi connectivity index (χ2n) is 11.5. The molecule has 2 fully saturated rings. The maximum atomic E-state index is 13.3. The average Bonchev–Trinajstić information content (AvgIpc) is 3.41. The largest absolute Gasteiger partial charge is 0.480 e. The fourth-order valence-electron chi connectivity index (χ4n) is 6.66. The fourth-order valence-corrected chi connectivity index (χ4v) is 6.66. The van der Waals surface area contributed by atoms with E-state index in [1.165, 1.54) is 11.1 Å². The summed E-state index contributed by atoms with van der Waals surface area (Å²) in [5.41, 5.74) is 4.89. The number of carboxylic acid groups (broad SMARTS) is 1. The highest BCUT2D eigenvalue weighted by Gasteiger charge is 2.65. The molecule has 0 heterocycles. The van der Waals surface area contributed by atoms with E-state index in [2.05, 4.69) is 34.9 Å². The molecule has 0 saturated heterocycles. The number of hydrogen-bond donors (Lipinski definition) is 3. The molecule has 0 bridgehead atoms. The summed E-state index contributed by atoms with van der Waals surface area (Å²) in [6.45, 7) is 2.13. The molecule has 212 valence electrons. The Morgan fingerprint density at radius 2 is 1.56 bits per heavy atom. The second kappa shape index (κ2) is 11.0. The second-order valence-corrected chi connectivity index (χ2v) is 11.5. The summed E-state index contributed by atoms with van der Waals surface area (Å²) in [5.74, 6) is -1.35. The van der Waals surface area contributed by atoms with Crippen molar-refractivity contribution in [3.8, 4) is 11.1 Å². The first-order valence-corrected chi connectivity index (χ1v) is 14.2. The van der Waals surface area contributed by atoms with E-state index in [0.29, 0.717) is 19.3 Å². The van der Waals surface area contributed by atoms with Crippen molar-refractivity contribution in [2.75, 3.05) is 6.61 Å². The van der Waals surface area contributed by atoms with Crippen LogP contribution in [0.3, 0.4) is 0 Å². The van der Waals surface area contributed by atoms with Crippen LogP contribution in [0.5, 0.6) is 0 Å². The molecule has 0 aliphatic heterocycles. The molecule has 41 heavy (non-hydrogen) atoms. The maximum Gasteiger partial charge on any atom is 0.407 e. The zero-order chi connectivity index (χ0) is 28.6. The minimum absolute atomic E-state index is 0.0266. The first-order valence-electron chi connectivity index (χ1n) is 14.2. The topological polar surface area (TPSA) is 114 Å². The van der Waals surface area contributed by atoms with Crippen LogP contribution in [0.2, 0.25) is 0 Å². The molecule has 6 rings (SSSR count). The van der Waals surface area contributed by atoms with Crippen molar-refractivity contribution in [2.45, 2.75) is 56.9 Å². The van der Waals surface area contributed by atoms with E-state index in [1.807, 2.05) is 54.6 Å². The summed E-state index contributed by atoms with van der Waals surface area (Å²) >= 11 is 0. The van der Waals surface area contributed by atoms with Crippen LogP contribution >= 0.6 is 0 Å². The predicted octanol–water partition coefficient (Wildman–Crippen LogP) is 4.87. The van der Waals surface area contributed by atoms with Crippen LogP contribution in [0, 0.1) is 11.3 Å². The van der Waals surface area contributed by atoms with Crippen molar-refractivity contribution in [3.63, 3.8) is 0 Å². The quantitative estimate of drug-likeness (QED) is 0.330. The number of ether oxygens (including phenoxy) is 2. The third-order valence-electron chi connectivity index (χ3n) is 8.91. The first kappa shape index (κ1) is 27.0. The lowest BCUT2D eigenvalue weighted by molar-refractivity contribution is -0.147. The van der Waals surface area contributed by atoms with E-state index in [-0.39, 0.29) is 37.0 Å². The number of hydrogen-bond acceptors (Lipinski definition) is 5. The number of carbonyl (C=O) groups excluding carboxylic acids is 2. The Balaban J connectivity index is 1.02. The molecule has 0 spiro atoms. The van der Waals surface area contributed by atoms with Gasteiger partial charge in [0.2, 0.25) is 5.91 Å². The summed E-state index contributed by atoms with van der Waals surface area (Å²) in [5, 5.41) is 15.5. The Hall–Kier alpha value is -4.17. The van der Waals surface area contributed by atoms with Crippen LogP contribution in [-0.4, -0.2) is 47.9 Å². The van der Waals surface area contributed by atoms with E-state index in [4.69, 9.17) is 9.47 Å². The van der Waals surface area contributed by atoms with E-state index < -0.39 is 29.6 Å². The molecule has 3 aliphatic carbocycles. The number of nitrogens with one attached hydrogen (secondary N) is 2. The number of aliphatic carboxylic acids is 1. The zero-order valence-electron chi connectivity index (χ0n) is 22.9. The Morgan fingerprint density at radius 1 is 0.927 bits per heavy atom. The lowest BCUT2D eigenvalue weighted by Crippen LogP contribution is -2.51. The van der Waals surface area contributed by atoms with Gasteiger partial charge in [-0.1, -0.05) is 78.9 Å². The number of benzene rings is 3. The highest BCUT2D eigenvalue weighted by Crippen LogP contribution is 2.63. The van der Waals surface area contributed by atoms with Crippen molar-refractivity contribution in [1.82, 2.24) is 10.6 Å². The van der Waals surface area contributed by atoms with Gasteiger partial charge in [-0.15, -0.1) is 0 Å². The number of carbonyl (C=O) groups is 3. The summed E-state index contributed by atoms with van der Waals surface area (Å²) in [6.07, 6.45) is 0.587. The SMILES string of the molecule is C[C@H](OCc1ccccc1)[C@@H](NC(=O)C12CC(NC(=O)OCC3c4ccccc4-c4ccccc43)CC1C2)C(=O)O. The third kappa shape index (κ3) is 5.32. The molecule has 8 heteroatoms.